The second-order valence-electron chi connectivity index (χ2n) is 8.30. The summed E-state index contributed by atoms with van der Waals surface area (Å²) in [5.74, 6) is 0.369. The van der Waals surface area contributed by atoms with Crippen LogP contribution in [0.3, 0.4) is 0 Å². The van der Waals surface area contributed by atoms with Crippen molar-refractivity contribution in [1.29, 1.82) is 0 Å². The molecule has 138 valence electrons. The van der Waals surface area contributed by atoms with Crippen LogP contribution in [0.25, 0.3) is 0 Å². The fourth-order valence-electron chi connectivity index (χ4n) is 3.09. The Balaban J connectivity index is 2.64. The van der Waals surface area contributed by atoms with Crippen LogP contribution in [0.5, 0.6) is 0 Å². The number of hydrogen-bond acceptors (Lipinski definition) is 4. The molecule has 0 aliphatic carbocycles. The van der Waals surface area contributed by atoms with Gasteiger partial charge in [-0.1, -0.05) is 32.1 Å². The fraction of sp³-hybridized carbons (Fsp3) is 0.750. The lowest BCUT2D eigenvalue weighted by Gasteiger charge is -2.31. The molecule has 0 unspecified atom stereocenters. The quantitative estimate of drug-likeness (QED) is 0.631. The van der Waals surface area contributed by atoms with Gasteiger partial charge in [-0.2, -0.15) is 0 Å². The Morgan fingerprint density at radius 1 is 1.42 bits per heavy atom. The van der Waals surface area contributed by atoms with E-state index in [2.05, 4.69) is 6.58 Å². The van der Waals surface area contributed by atoms with Gasteiger partial charge in [0.25, 0.3) is 0 Å². The molecule has 4 heteroatoms. The largest absolute Gasteiger partial charge is 0.387 e. The average Bonchev–Trinajstić information content (AvgIpc) is 2.80. The highest BCUT2D eigenvalue weighted by Gasteiger charge is 2.44. The Morgan fingerprint density at radius 2 is 2.04 bits per heavy atom. The maximum absolute atomic E-state index is 12.0. The molecule has 0 amide bonds. The van der Waals surface area contributed by atoms with Crippen LogP contribution in [0.1, 0.15) is 66.7 Å². The van der Waals surface area contributed by atoms with Gasteiger partial charge >= 0.3 is 0 Å². The lowest BCUT2D eigenvalue weighted by molar-refractivity contribution is -0.138. The minimum Gasteiger partial charge on any atom is -0.387 e. The van der Waals surface area contributed by atoms with Crippen molar-refractivity contribution in [1.82, 2.24) is 0 Å². The molecule has 1 saturated heterocycles. The summed E-state index contributed by atoms with van der Waals surface area (Å²) in [7, 11) is 0. The molecule has 0 aromatic rings. The van der Waals surface area contributed by atoms with Crippen LogP contribution in [0, 0.1) is 5.92 Å². The van der Waals surface area contributed by atoms with Crippen LogP contribution < -0.4 is 0 Å². The van der Waals surface area contributed by atoms with Gasteiger partial charge < -0.3 is 14.9 Å². The summed E-state index contributed by atoms with van der Waals surface area (Å²) in [4.78, 5) is 12.0. The molecule has 0 saturated carbocycles. The fourth-order valence-corrected chi connectivity index (χ4v) is 3.09. The standard InChI is InChI=1S/C20H34O4/c1-7-18(4,22)10-8-11-19(5)12-9-17(24-19)20(6,23)14-16(21)13-15(2)3/h7-8,11,15,17,22-23H,1,9-10,12-14H2,2-6H3/b11-8+/t17-,18+,19+,20-/m0/s1. The number of hydrogen-bond donors (Lipinski definition) is 2. The predicted molar refractivity (Wildman–Crippen MR) is 96.8 cm³/mol. The van der Waals surface area contributed by atoms with E-state index in [0.717, 1.165) is 6.42 Å². The van der Waals surface area contributed by atoms with E-state index in [4.69, 9.17) is 4.74 Å². The number of ether oxygens (including phenoxy) is 1. The Bertz CT molecular complexity index is 476. The number of ketones is 1. The van der Waals surface area contributed by atoms with E-state index in [0.29, 0.717) is 25.2 Å². The van der Waals surface area contributed by atoms with Crippen molar-refractivity contribution in [3.63, 3.8) is 0 Å². The van der Waals surface area contributed by atoms with Crippen LogP contribution >= 0.6 is 0 Å². The number of carbonyl (C=O) groups excluding carboxylic acids is 1. The Kier molecular flexibility index (Phi) is 6.97. The maximum atomic E-state index is 12.0. The van der Waals surface area contributed by atoms with E-state index < -0.39 is 16.8 Å². The molecule has 1 rings (SSSR count). The third kappa shape index (κ3) is 6.50. The number of carbonyl (C=O) groups is 1. The van der Waals surface area contributed by atoms with E-state index >= 15 is 0 Å². The second-order valence-corrected chi connectivity index (χ2v) is 8.30. The van der Waals surface area contributed by atoms with Crippen molar-refractivity contribution < 1.29 is 19.7 Å². The molecular weight excluding hydrogens is 304 g/mol. The van der Waals surface area contributed by atoms with Crippen molar-refractivity contribution >= 4 is 5.78 Å². The van der Waals surface area contributed by atoms with Gasteiger partial charge in [-0.3, -0.25) is 4.79 Å². The molecule has 0 aromatic heterocycles. The van der Waals surface area contributed by atoms with Gasteiger partial charge in [0, 0.05) is 12.8 Å². The van der Waals surface area contributed by atoms with Crippen molar-refractivity contribution in [3.8, 4) is 0 Å². The normalized spacial score (nSPS) is 29.6. The molecule has 0 radical (unpaired) electrons. The summed E-state index contributed by atoms with van der Waals surface area (Å²) < 4.78 is 6.07. The minimum atomic E-state index is -1.15. The predicted octanol–water partition coefficient (Wildman–Crippen LogP) is 3.56. The first kappa shape index (κ1) is 21.1. The molecule has 0 aromatic carbocycles. The Labute approximate surface area is 146 Å². The lowest BCUT2D eigenvalue weighted by atomic mass is 9.88. The van der Waals surface area contributed by atoms with Gasteiger partial charge in [0.15, 0.2) is 0 Å². The summed E-state index contributed by atoms with van der Waals surface area (Å²) >= 11 is 0. The monoisotopic (exact) mass is 338 g/mol. The van der Waals surface area contributed by atoms with Crippen LogP contribution in [0.4, 0.5) is 0 Å². The van der Waals surface area contributed by atoms with Gasteiger partial charge in [-0.15, -0.1) is 6.58 Å². The van der Waals surface area contributed by atoms with Gasteiger partial charge in [-0.25, -0.2) is 0 Å². The first-order valence-electron chi connectivity index (χ1n) is 8.85. The molecule has 4 atom stereocenters. The maximum Gasteiger partial charge on any atom is 0.136 e. The van der Waals surface area contributed by atoms with Crippen molar-refractivity contribution in [2.75, 3.05) is 0 Å². The van der Waals surface area contributed by atoms with Crippen LogP contribution in [0.15, 0.2) is 24.8 Å². The highest BCUT2D eigenvalue weighted by Crippen LogP contribution is 2.38. The Hall–Kier alpha value is -0.970. The van der Waals surface area contributed by atoms with E-state index in [-0.39, 0.29) is 18.3 Å². The van der Waals surface area contributed by atoms with Crippen molar-refractivity contribution in [2.24, 2.45) is 5.92 Å². The third-order valence-corrected chi connectivity index (χ3v) is 4.64. The topological polar surface area (TPSA) is 66.8 Å². The van der Waals surface area contributed by atoms with Gasteiger partial charge in [0.2, 0.25) is 0 Å². The van der Waals surface area contributed by atoms with Crippen LogP contribution in [-0.2, 0) is 9.53 Å². The van der Waals surface area contributed by atoms with Gasteiger partial charge in [-0.05, 0) is 46.0 Å². The highest BCUT2D eigenvalue weighted by molar-refractivity contribution is 5.79. The van der Waals surface area contributed by atoms with Crippen LogP contribution in [-0.4, -0.2) is 38.9 Å². The smallest absolute Gasteiger partial charge is 0.136 e. The minimum absolute atomic E-state index is 0.0739. The molecule has 1 fully saturated rings. The van der Waals surface area contributed by atoms with Gasteiger partial charge in [0.05, 0.1) is 22.9 Å². The zero-order chi connectivity index (χ0) is 18.6. The number of rotatable bonds is 9. The van der Waals surface area contributed by atoms with E-state index in [1.54, 1.807) is 13.8 Å². The average molecular weight is 338 g/mol. The summed E-state index contributed by atoms with van der Waals surface area (Å²) in [6, 6.07) is 0. The molecule has 2 N–H and O–H groups in total. The highest BCUT2D eigenvalue weighted by atomic mass is 16.5. The summed E-state index contributed by atoms with van der Waals surface area (Å²) in [5, 5.41) is 20.6. The molecule has 24 heavy (non-hydrogen) atoms. The summed E-state index contributed by atoms with van der Waals surface area (Å²) in [5.41, 5.74) is -2.56. The summed E-state index contributed by atoms with van der Waals surface area (Å²) in [6.45, 7) is 13.0. The van der Waals surface area contributed by atoms with Gasteiger partial charge in [0.1, 0.15) is 5.78 Å². The molecule has 0 bridgehead atoms. The number of Topliss-reactive ketones (excluding diaryl/α,β-unsaturated/α-hetero) is 1. The van der Waals surface area contributed by atoms with Crippen LogP contribution in [0.2, 0.25) is 0 Å². The van der Waals surface area contributed by atoms with Crippen molar-refractivity contribution in [3.05, 3.63) is 24.8 Å². The zero-order valence-corrected chi connectivity index (χ0v) is 15.8. The van der Waals surface area contributed by atoms with E-state index in [9.17, 15) is 15.0 Å². The lowest BCUT2D eigenvalue weighted by Crippen LogP contribution is -2.42. The summed E-state index contributed by atoms with van der Waals surface area (Å²) in [6.07, 6.45) is 7.55. The zero-order valence-electron chi connectivity index (χ0n) is 15.8. The van der Waals surface area contributed by atoms with E-state index in [1.165, 1.54) is 6.08 Å². The Morgan fingerprint density at radius 3 is 2.58 bits per heavy atom. The van der Waals surface area contributed by atoms with Crippen molar-refractivity contribution in [2.45, 2.75) is 89.6 Å². The first-order valence-corrected chi connectivity index (χ1v) is 8.85. The molecule has 1 aliphatic heterocycles. The number of aliphatic hydroxyl groups is 2. The first-order chi connectivity index (χ1) is 10.9. The molecule has 0 spiro atoms. The molecule has 4 nitrogen and oxygen atoms in total. The van der Waals surface area contributed by atoms with E-state index in [1.807, 2.05) is 32.9 Å². The second kappa shape index (κ2) is 7.94. The molecule has 1 heterocycles. The third-order valence-electron chi connectivity index (χ3n) is 4.64. The molecule has 1 aliphatic rings. The molecular formula is C20H34O4. The SMILES string of the molecule is C=C[C@@](C)(O)C/C=C/[C@]1(C)CC[C@@H]([C@@](C)(O)CC(=O)CC(C)C)O1.